The minimum atomic E-state index is -4.69. The van der Waals surface area contributed by atoms with Crippen LogP contribution in [0.5, 0.6) is 11.6 Å². The SMILES string of the molecule is C=C[C@H]1CN2CCC1C[C@H]2[C@H](O)c1cc(O[Cl+3]([O-])([O-])[O-])nc2ccc(OC)cc12. The average Bonchev–Trinajstić information content (AvgIpc) is 2.71. The molecule has 8 nitrogen and oxygen atoms in total. The van der Waals surface area contributed by atoms with Crippen LogP contribution in [0.15, 0.2) is 36.9 Å². The van der Waals surface area contributed by atoms with Gasteiger partial charge in [-0.15, -0.1) is 6.58 Å². The van der Waals surface area contributed by atoms with Crippen LogP contribution >= 0.6 is 0 Å². The number of piperidine rings is 3. The molecular weight excluding hydrogens is 400 g/mol. The molecule has 0 spiro atoms. The summed E-state index contributed by atoms with van der Waals surface area (Å²) in [6, 6.07) is 6.22. The molecule has 1 N–H and O–H groups in total. The molecule has 2 bridgehead atoms. The van der Waals surface area contributed by atoms with E-state index in [9.17, 15) is 19.1 Å². The average molecular weight is 423 g/mol. The highest BCUT2D eigenvalue weighted by atomic mass is 35.7. The van der Waals surface area contributed by atoms with Crippen molar-refractivity contribution >= 4 is 10.9 Å². The summed E-state index contributed by atoms with van der Waals surface area (Å²) in [6.07, 6.45) is 2.94. The zero-order chi connectivity index (χ0) is 20.8. The third-order valence-electron chi connectivity index (χ3n) is 6.03. The molecule has 0 radical (unpaired) electrons. The Balaban J connectivity index is 1.75. The second-order valence-electron chi connectivity index (χ2n) is 7.58. The van der Waals surface area contributed by atoms with E-state index in [0.29, 0.717) is 34.1 Å². The maximum absolute atomic E-state index is 11.3. The number of nitrogens with zero attached hydrogens (tertiary/aromatic N) is 2. The summed E-state index contributed by atoms with van der Waals surface area (Å²) in [5.74, 6) is 1.07. The first-order valence-electron chi connectivity index (χ1n) is 9.43. The number of aromatic nitrogens is 1. The second kappa shape index (κ2) is 7.71. The standard InChI is InChI=1S/C20H23ClN2O6/c1-3-12-11-23-7-6-13(12)8-18(23)20(24)16-10-19(29-21(25,26)27)22-17-5-4-14(28-2)9-15(16)17/h3-5,9-10,12-13,18,20,24H,1,6-8,11H2,2H3/t12-,13?,18-,20+/m0/s1. The lowest BCUT2D eigenvalue weighted by molar-refractivity contribution is -1.91. The number of hydrogen-bond donors (Lipinski definition) is 1. The number of aliphatic hydroxyl groups excluding tert-OH is 1. The Morgan fingerprint density at radius 1 is 1.34 bits per heavy atom. The Bertz CT molecular complexity index is 918. The third kappa shape index (κ3) is 4.05. The Hall–Kier alpha value is -1.94. The molecule has 4 heterocycles. The van der Waals surface area contributed by atoms with Crippen LogP contribution in [0.3, 0.4) is 0 Å². The summed E-state index contributed by atoms with van der Waals surface area (Å²) in [7, 11) is -3.16. The van der Waals surface area contributed by atoms with Gasteiger partial charge in [-0.05, 0) is 59.3 Å². The highest BCUT2D eigenvalue weighted by Gasteiger charge is 2.42. The normalized spacial score (nSPS) is 27.6. The number of rotatable bonds is 6. The van der Waals surface area contributed by atoms with Gasteiger partial charge in [0.1, 0.15) is 16.0 Å². The van der Waals surface area contributed by atoms with Gasteiger partial charge in [-0.1, -0.05) is 6.08 Å². The van der Waals surface area contributed by atoms with E-state index in [0.717, 1.165) is 25.9 Å². The fraction of sp³-hybridized carbons (Fsp3) is 0.450. The van der Waals surface area contributed by atoms with Crippen molar-refractivity contribution in [2.45, 2.75) is 25.0 Å². The van der Waals surface area contributed by atoms with Crippen LogP contribution < -0.4 is 23.0 Å². The monoisotopic (exact) mass is 422 g/mol. The number of ether oxygens (including phenoxy) is 1. The maximum atomic E-state index is 11.3. The highest BCUT2D eigenvalue weighted by Crippen LogP contribution is 2.42. The highest BCUT2D eigenvalue weighted by molar-refractivity contribution is 5.84. The fourth-order valence-corrected chi connectivity index (χ4v) is 4.90. The predicted molar refractivity (Wildman–Crippen MR) is 95.7 cm³/mol. The number of aliphatic hydroxyl groups is 1. The van der Waals surface area contributed by atoms with Gasteiger partial charge in [-0.2, -0.15) is 19.0 Å². The Labute approximate surface area is 170 Å². The molecule has 0 amide bonds. The lowest BCUT2D eigenvalue weighted by Gasteiger charge is -2.50. The zero-order valence-electron chi connectivity index (χ0n) is 16.0. The minimum Gasteiger partial charge on any atom is -0.497 e. The molecule has 5 rings (SSSR count). The van der Waals surface area contributed by atoms with Gasteiger partial charge in [0, 0.05) is 24.0 Å². The second-order valence-corrected chi connectivity index (χ2v) is 8.49. The Kier molecular flexibility index (Phi) is 5.41. The molecule has 0 aliphatic carbocycles. The van der Waals surface area contributed by atoms with E-state index in [1.807, 2.05) is 6.08 Å². The molecule has 5 atom stereocenters. The molecule has 3 aliphatic heterocycles. The topological polar surface area (TPSA) is 124 Å². The van der Waals surface area contributed by atoms with Crippen LogP contribution in [0.2, 0.25) is 0 Å². The number of fused-ring (bicyclic) bond motifs is 4. The van der Waals surface area contributed by atoms with E-state index in [4.69, 9.17) is 4.74 Å². The minimum absolute atomic E-state index is 0.129. The fourth-order valence-electron chi connectivity index (χ4n) is 4.63. The van der Waals surface area contributed by atoms with Gasteiger partial charge in [-0.25, -0.2) is 0 Å². The summed E-state index contributed by atoms with van der Waals surface area (Å²) in [4.78, 5) is 6.34. The smallest absolute Gasteiger partial charge is 0.381 e. The zero-order valence-corrected chi connectivity index (χ0v) is 16.7. The molecule has 3 aliphatic rings. The van der Waals surface area contributed by atoms with Gasteiger partial charge in [0.15, 0.2) is 0 Å². The van der Waals surface area contributed by atoms with E-state index < -0.39 is 16.3 Å². The van der Waals surface area contributed by atoms with Crippen LogP contribution in [0.25, 0.3) is 10.9 Å². The maximum Gasteiger partial charge on any atom is 0.381 e. The summed E-state index contributed by atoms with van der Waals surface area (Å²) in [5.41, 5.74) is 0.853. The van der Waals surface area contributed by atoms with Gasteiger partial charge >= 0.3 is 5.88 Å². The molecule has 2 aromatic rings. The van der Waals surface area contributed by atoms with Crippen molar-refractivity contribution in [2.75, 3.05) is 20.2 Å². The molecule has 156 valence electrons. The van der Waals surface area contributed by atoms with Crippen molar-refractivity contribution in [1.82, 2.24) is 9.88 Å². The first kappa shape index (κ1) is 20.3. The summed E-state index contributed by atoms with van der Waals surface area (Å²) in [6.45, 7) is 5.64. The van der Waals surface area contributed by atoms with Crippen molar-refractivity contribution < 1.29 is 38.4 Å². The molecular formula is C20H23ClN2O6. The Morgan fingerprint density at radius 2 is 2.14 bits per heavy atom. The number of hydrogen-bond acceptors (Lipinski definition) is 8. The van der Waals surface area contributed by atoms with Crippen LogP contribution in [0.4, 0.5) is 0 Å². The molecule has 3 fully saturated rings. The first-order valence-corrected chi connectivity index (χ1v) is 10.7. The molecule has 9 heteroatoms. The van der Waals surface area contributed by atoms with E-state index in [2.05, 4.69) is 20.8 Å². The lowest BCUT2D eigenvalue weighted by atomic mass is 9.73. The van der Waals surface area contributed by atoms with Crippen molar-refractivity contribution in [1.29, 1.82) is 0 Å². The van der Waals surface area contributed by atoms with Crippen LogP contribution in [0.1, 0.15) is 24.5 Å². The van der Waals surface area contributed by atoms with Gasteiger partial charge < -0.3 is 9.84 Å². The van der Waals surface area contributed by atoms with Crippen molar-refractivity contribution in [3.8, 4) is 11.6 Å². The number of halogens is 1. The number of methoxy groups -OCH3 is 1. The molecule has 1 aromatic carbocycles. The van der Waals surface area contributed by atoms with Crippen molar-refractivity contribution in [3.05, 3.63) is 42.5 Å². The van der Waals surface area contributed by atoms with Crippen LogP contribution in [0, 0.1) is 22.1 Å². The summed E-state index contributed by atoms with van der Waals surface area (Å²) >= 11 is 0. The quantitative estimate of drug-likeness (QED) is 0.615. The predicted octanol–water partition coefficient (Wildman–Crippen LogP) is -0.551. The summed E-state index contributed by atoms with van der Waals surface area (Å²) < 4.78 is 42.9. The van der Waals surface area contributed by atoms with E-state index in [-0.39, 0.29) is 11.9 Å². The molecule has 3 saturated heterocycles. The number of pyridine rings is 1. The van der Waals surface area contributed by atoms with E-state index >= 15 is 0 Å². The molecule has 29 heavy (non-hydrogen) atoms. The van der Waals surface area contributed by atoms with Gasteiger partial charge in [0.2, 0.25) is 0 Å². The number of benzene rings is 1. The largest absolute Gasteiger partial charge is 0.497 e. The van der Waals surface area contributed by atoms with Gasteiger partial charge in [0.25, 0.3) is 0 Å². The molecule has 2 unspecified atom stereocenters. The Morgan fingerprint density at radius 3 is 2.76 bits per heavy atom. The van der Waals surface area contributed by atoms with Crippen LogP contribution in [-0.2, 0) is 0 Å². The van der Waals surface area contributed by atoms with Crippen LogP contribution in [-0.4, -0.2) is 41.2 Å². The van der Waals surface area contributed by atoms with E-state index in [1.54, 1.807) is 18.2 Å². The lowest BCUT2D eigenvalue weighted by Crippen LogP contribution is -2.63. The third-order valence-corrected chi connectivity index (χ3v) is 6.38. The first-order chi connectivity index (χ1) is 13.8. The molecule has 0 saturated carbocycles. The summed E-state index contributed by atoms with van der Waals surface area (Å²) in [5, 5.41) is 11.9. The van der Waals surface area contributed by atoms with E-state index in [1.165, 1.54) is 13.2 Å². The van der Waals surface area contributed by atoms with Crippen molar-refractivity contribution in [2.24, 2.45) is 11.8 Å². The van der Waals surface area contributed by atoms with Gasteiger partial charge in [-0.3, -0.25) is 4.90 Å². The van der Waals surface area contributed by atoms with Gasteiger partial charge in [0.05, 0.1) is 18.7 Å². The van der Waals surface area contributed by atoms with Crippen molar-refractivity contribution in [3.63, 3.8) is 0 Å². The molecule has 1 aromatic heterocycles.